The number of anilines is 2. The molecule has 2 rings (SSSR count). The minimum atomic E-state index is -0.379. The summed E-state index contributed by atoms with van der Waals surface area (Å²) in [6, 6.07) is 6.76. The van der Waals surface area contributed by atoms with E-state index in [1.165, 1.54) is 12.3 Å². The number of nitrogens with zero attached hydrogens (tertiary/aromatic N) is 5. The molecule has 0 bridgehead atoms. The molecule has 0 aliphatic carbocycles. The van der Waals surface area contributed by atoms with Crippen LogP contribution in [0, 0.1) is 39.7 Å². The molecular formula is C16H18N6O2. The van der Waals surface area contributed by atoms with Crippen molar-refractivity contribution in [1.29, 1.82) is 10.5 Å². The van der Waals surface area contributed by atoms with Crippen LogP contribution in [-0.4, -0.2) is 43.0 Å². The van der Waals surface area contributed by atoms with E-state index in [2.05, 4.69) is 10.2 Å². The van der Waals surface area contributed by atoms with E-state index in [-0.39, 0.29) is 16.2 Å². The van der Waals surface area contributed by atoms with E-state index in [0.29, 0.717) is 30.0 Å². The highest BCUT2D eigenvalue weighted by Gasteiger charge is 2.24. The summed E-state index contributed by atoms with van der Waals surface area (Å²) < 4.78 is 0. The van der Waals surface area contributed by atoms with Crippen molar-refractivity contribution in [2.45, 2.75) is 6.92 Å². The Kier molecular flexibility index (Phi) is 5.35. The smallest absolute Gasteiger partial charge is 0.292 e. The van der Waals surface area contributed by atoms with Crippen molar-refractivity contribution >= 4 is 17.1 Å². The van der Waals surface area contributed by atoms with E-state index >= 15 is 0 Å². The summed E-state index contributed by atoms with van der Waals surface area (Å²) in [7, 11) is 2.02. The van der Waals surface area contributed by atoms with Gasteiger partial charge in [-0.1, -0.05) is 0 Å². The average Bonchev–Trinajstić information content (AvgIpc) is 2.57. The summed E-state index contributed by atoms with van der Waals surface area (Å²) in [5, 5.41) is 31.9. The molecule has 0 spiro atoms. The van der Waals surface area contributed by atoms with Crippen LogP contribution in [0.3, 0.4) is 0 Å². The van der Waals surface area contributed by atoms with Crippen LogP contribution in [0.15, 0.2) is 23.9 Å². The van der Waals surface area contributed by atoms with Gasteiger partial charge in [0, 0.05) is 44.1 Å². The zero-order chi connectivity index (χ0) is 17.7. The molecule has 0 radical (unpaired) electrons. The highest BCUT2D eigenvalue weighted by molar-refractivity contribution is 5.73. The van der Waals surface area contributed by atoms with Gasteiger partial charge in [-0.25, -0.2) is 0 Å². The summed E-state index contributed by atoms with van der Waals surface area (Å²) in [5.41, 5.74) is 1.86. The Morgan fingerprint density at radius 1 is 1.29 bits per heavy atom. The third kappa shape index (κ3) is 3.80. The second kappa shape index (κ2) is 7.44. The molecule has 1 aromatic rings. The predicted molar refractivity (Wildman–Crippen MR) is 90.5 cm³/mol. The molecule has 1 saturated heterocycles. The first-order chi connectivity index (χ1) is 11.5. The first-order valence-corrected chi connectivity index (χ1v) is 7.45. The van der Waals surface area contributed by atoms with Crippen LogP contribution >= 0.6 is 0 Å². The minimum absolute atomic E-state index is 0.0612. The number of nitriles is 2. The monoisotopic (exact) mass is 326 g/mol. The van der Waals surface area contributed by atoms with Gasteiger partial charge in [0.05, 0.1) is 4.92 Å². The maximum atomic E-state index is 11.4. The number of rotatable bonds is 4. The van der Waals surface area contributed by atoms with Crippen LogP contribution in [0.4, 0.5) is 17.1 Å². The molecular weight excluding hydrogens is 308 g/mol. The number of nitrogens with one attached hydrogen (secondary N) is 1. The first kappa shape index (κ1) is 17.3. The summed E-state index contributed by atoms with van der Waals surface area (Å²) in [5.74, 6) is 0. The summed E-state index contributed by atoms with van der Waals surface area (Å²) in [4.78, 5) is 15.2. The first-order valence-electron chi connectivity index (χ1n) is 7.45. The molecule has 1 aliphatic rings. The van der Waals surface area contributed by atoms with Crippen LogP contribution in [-0.2, 0) is 0 Å². The maximum absolute atomic E-state index is 11.4. The molecule has 0 saturated carbocycles. The lowest BCUT2D eigenvalue weighted by Gasteiger charge is -2.34. The highest BCUT2D eigenvalue weighted by atomic mass is 16.6. The normalized spacial score (nSPS) is 14.4. The van der Waals surface area contributed by atoms with Crippen molar-refractivity contribution in [3.8, 4) is 12.1 Å². The second-order valence-corrected chi connectivity index (χ2v) is 5.63. The lowest BCUT2D eigenvalue weighted by atomic mass is 10.1. The van der Waals surface area contributed by atoms with Crippen LogP contribution in [0.2, 0.25) is 0 Å². The zero-order valence-corrected chi connectivity index (χ0v) is 13.6. The van der Waals surface area contributed by atoms with E-state index in [1.54, 1.807) is 25.1 Å². The Morgan fingerprint density at radius 3 is 2.46 bits per heavy atom. The van der Waals surface area contributed by atoms with Crippen molar-refractivity contribution in [2.75, 3.05) is 43.4 Å². The number of nitro groups is 1. The van der Waals surface area contributed by atoms with Gasteiger partial charge < -0.3 is 15.1 Å². The Labute approximate surface area is 140 Å². The molecule has 0 aromatic heterocycles. The molecule has 1 aromatic carbocycles. The third-order valence-corrected chi connectivity index (χ3v) is 3.98. The molecule has 0 atom stereocenters. The van der Waals surface area contributed by atoms with E-state index < -0.39 is 0 Å². The molecule has 0 unspecified atom stereocenters. The Bertz CT molecular complexity index is 735. The molecule has 8 heteroatoms. The predicted octanol–water partition coefficient (Wildman–Crippen LogP) is 2.00. The van der Waals surface area contributed by atoms with E-state index in [0.717, 1.165) is 13.1 Å². The van der Waals surface area contributed by atoms with Crippen molar-refractivity contribution in [3.05, 3.63) is 39.6 Å². The Morgan fingerprint density at radius 2 is 1.92 bits per heavy atom. The van der Waals surface area contributed by atoms with Gasteiger partial charge in [0.15, 0.2) is 0 Å². The van der Waals surface area contributed by atoms with Gasteiger partial charge >= 0.3 is 0 Å². The standard InChI is InChI=1S/C16H18N6O2/c1-12-7-16(22(23)24)15(21-5-3-20(2)4-6-21)8-14(12)19-11-13(9-17)10-18/h7-8,11,19H,3-6H2,1-2H3. The fourth-order valence-corrected chi connectivity index (χ4v) is 2.52. The van der Waals surface area contributed by atoms with Crippen molar-refractivity contribution in [3.63, 3.8) is 0 Å². The summed E-state index contributed by atoms with van der Waals surface area (Å²) in [6.45, 7) is 4.82. The van der Waals surface area contributed by atoms with Crippen molar-refractivity contribution in [1.82, 2.24) is 4.90 Å². The number of nitro benzene ring substituents is 1. The Hall–Kier alpha value is -3.10. The van der Waals surface area contributed by atoms with Crippen molar-refractivity contribution in [2.24, 2.45) is 0 Å². The van der Waals surface area contributed by atoms with Crippen molar-refractivity contribution < 1.29 is 4.92 Å². The van der Waals surface area contributed by atoms with E-state index in [4.69, 9.17) is 10.5 Å². The fourth-order valence-electron chi connectivity index (χ4n) is 2.52. The van der Waals surface area contributed by atoms with Crippen LogP contribution in [0.25, 0.3) is 0 Å². The summed E-state index contributed by atoms with van der Waals surface area (Å²) in [6.07, 6.45) is 1.31. The Balaban J connectivity index is 2.39. The number of hydrogen-bond acceptors (Lipinski definition) is 7. The molecule has 24 heavy (non-hydrogen) atoms. The number of piperazine rings is 1. The molecule has 0 amide bonds. The van der Waals surface area contributed by atoms with Crippen LogP contribution in [0.5, 0.6) is 0 Å². The second-order valence-electron chi connectivity index (χ2n) is 5.63. The van der Waals surface area contributed by atoms with Gasteiger partial charge in [-0.3, -0.25) is 10.1 Å². The van der Waals surface area contributed by atoms with Gasteiger partial charge in [-0.2, -0.15) is 10.5 Å². The minimum Gasteiger partial charge on any atom is -0.363 e. The summed E-state index contributed by atoms with van der Waals surface area (Å²) >= 11 is 0. The molecule has 1 N–H and O–H groups in total. The molecule has 1 aliphatic heterocycles. The van der Waals surface area contributed by atoms with Gasteiger partial charge in [0.25, 0.3) is 5.69 Å². The number of aryl methyl sites for hydroxylation is 1. The zero-order valence-electron chi connectivity index (χ0n) is 13.6. The molecule has 1 heterocycles. The van der Waals surface area contributed by atoms with Gasteiger partial charge in [-0.05, 0) is 25.6 Å². The number of benzene rings is 1. The number of likely N-dealkylation sites (N-methyl/N-ethyl adjacent to an activating group) is 1. The quantitative estimate of drug-likeness (QED) is 0.512. The largest absolute Gasteiger partial charge is 0.363 e. The van der Waals surface area contributed by atoms with Gasteiger partial charge in [0.2, 0.25) is 0 Å². The van der Waals surface area contributed by atoms with Crippen LogP contribution in [0.1, 0.15) is 5.56 Å². The topological polar surface area (TPSA) is 109 Å². The van der Waals surface area contributed by atoms with Crippen LogP contribution < -0.4 is 10.2 Å². The molecule has 124 valence electrons. The lowest BCUT2D eigenvalue weighted by Crippen LogP contribution is -2.44. The number of allylic oxidation sites excluding steroid dienone is 1. The van der Waals surface area contributed by atoms with E-state index in [1.807, 2.05) is 11.9 Å². The SMILES string of the molecule is Cc1cc([N+](=O)[O-])c(N2CCN(C)CC2)cc1NC=C(C#N)C#N. The molecule has 8 nitrogen and oxygen atoms in total. The van der Waals surface area contributed by atoms with Gasteiger partial charge in [-0.15, -0.1) is 0 Å². The van der Waals surface area contributed by atoms with Gasteiger partial charge in [0.1, 0.15) is 23.4 Å². The highest BCUT2D eigenvalue weighted by Crippen LogP contribution is 2.34. The van der Waals surface area contributed by atoms with E-state index in [9.17, 15) is 10.1 Å². The average molecular weight is 326 g/mol. The lowest BCUT2D eigenvalue weighted by molar-refractivity contribution is -0.384. The third-order valence-electron chi connectivity index (χ3n) is 3.98. The molecule has 1 fully saturated rings. The maximum Gasteiger partial charge on any atom is 0.292 e. The number of hydrogen-bond donors (Lipinski definition) is 1. The fraction of sp³-hybridized carbons (Fsp3) is 0.375.